The Kier molecular flexibility index (Phi) is 6.02. The zero-order valence-electron chi connectivity index (χ0n) is 11.7. The summed E-state index contributed by atoms with van der Waals surface area (Å²) in [6.07, 6.45) is 0. The van der Waals surface area contributed by atoms with E-state index in [4.69, 9.17) is 9.47 Å². The normalized spacial score (nSPS) is 10.4. The van der Waals surface area contributed by atoms with Gasteiger partial charge in [0.05, 0.1) is 0 Å². The molecule has 1 N–H and O–H groups in total. The van der Waals surface area contributed by atoms with Crippen molar-refractivity contribution in [1.29, 1.82) is 0 Å². The minimum atomic E-state index is -0.299. The third-order valence-electron chi connectivity index (χ3n) is 2.75. The van der Waals surface area contributed by atoms with E-state index in [1.165, 1.54) is 12.1 Å². The van der Waals surface area contributed by atoms with Crippen LogP contribution in [0.5, 0.6) is 11.5 Å². The SMILES string of the molecule is CNCc1cc(F)cc(OCCOc2ccc(Br)cc2)c1. The summed E-state index contributed by atoms with van der Waals surface area (Å²) in [5, 5.41) is 2.98. The van der Waals surface area contributed by atoms with Crippen LogP contribution in [0.1, 0.15) is 5.56 Å². The second-order valence-electron chi connectivity index (χ2n) is 4.48. The van der Waals surface area contributed by atoms with Crippen LogP contribution in [0.3, 0.4) is 0 Å². The molecule has 0 bridgehead atoms. The van der Waals surface area contributed by atoms with Gasteiger partial charge >= 0.3 is 0 Å². The molecule has 2 rings (SSSR count). The van der Waals surface area contributed by atoms with Gasteiger partial charge in [0.15, 0.2) is 0 Å². The van der Waals surface area contributed by atoms with Crippen LogP contribution >= 0.6 is 15.9 Å². The number of hydrogen-bond acceptors (Lipinski definition) is 3. The Hall–Kier alpha value is -1.59. The van der Waals surface area contributed by atoms with Gasteiger partial charge in [0, 0.05) is 17.1 Å². The molecular formula is C16H17BrFNO2. The summed E-state index contributed by atoms with van der Waals surface area (Å²) in [5.41, 5.74) is 0.848. The predicted molar refractivity (Wildman–Crippen MR) is 84.3 cm³/mol. The van der Waals surface area contributed by atoms with Gasteiger partial charge in [0.1, 0.15) is 30.5 Å². The van der Waals surface area contributed by atoms with Crippen LogP contribution in [-0.2, 0) is 6.54 Å². The van der Waals surface area contributed by atoms with E-state index in [0.717, 1.165) is 15.8 Å². The van der Waals surface area contributed by atoms with E-state index < -0.39 is 0 Å². The van der Waals surface area contributed by atoms with Crippen LogP contribution in [0.4, 0.5) is 4.39 Å². The van der Waals surface area contributed by atoms with Crippen LogP contribution in [0.25, 0.3) is 0 Å². The first kappa shape index (κ1) is 15.8. The number of nitrogens with one attached hydrogen (secondary N) is 1. The highest BCUT2D eigenvalue weighted by Crippen LogP contribution is 2.18. The monoisotopic (exact) mass is 353 g/mol. The average Bonchev–Trinajstić information content (AvgIpc) is 2.45. The topological polar surface area (TPSA) is 30.5 Å². The molecule has 5 heteroatoms. The fraction of sp³-hybridized carbons (Fsp3) is 0.250. The minimum absolute atomic E-state index is 0.299. The number of ether oxygens (including phenoxy) is 2. The van der Waals surface area contributed by atoms with Crippen LogP contribution in [0, 0.1) is 5.82 Å². The molecule has 0 saturated heterocycles. The molecule has 0 saturated carbocycles. The number of hydrogen-bond donors (Lipinski definition) is 1. The maximum absolute atomic E-state index is 13.4. The number of rotatable bonds is 7. The standard InChI is InChI=1S/C16H17BrFNO2/c1-19-11-12-8-14(18)10-16(9-12)21-7-6-20-15-4-2-13(17)3-5-15/h2-5,8-10,19H,6-7,11H2,1H3. The summed E-state index contributed by atoms with van der Waals surface area (Å²) in [7, 11) is 1.82. The highest BCUT2D eigenvalue weighted by molar-refractivity contribution is 9.10. The van der Waals surface area contributed by atoms with Gasteiger partial charge in [-0.15, -0.1) is 0 Å². The van der Waals surface area contributed by atoms with Crippen molar-refractivity contribution in [1.82, 2.24) is 5.32 Å². The fourth-order valence-corrected chi connectivity index (χ4v) is 2.12. The molecule has 0 aliphatic rings. The molecule has 0 aliphatic heterocycles. The lowest BCUT2D eigenvalue weighted by molar-refractivity contribution is 0.216. The maximum Gasteiger partial charge on any atom is 0.127 e. The second-order valence-corrected chi connectivity index (χ2v) is 5.39. The summed E-state index contributed by atoms with van der Waals surface area (Å²) in [4.78, 5) is 0. The van der Waals surface area contributed by atoms with Crippen molar-refractivity contribution >= 4 is 15.9 Å². The van der Waals surface area contributed by atoms with E-state index in [-0.39, 0.29) is 5.82 Å². The van der Waals surface area contributed by atoms with Gasteiger partial charge in [-0.05, 0) is 49.0 Å². The van der Waals surface area contributed by atoms with E-state index in [2.05, 4.69) is 21.2 Å². The van der Waals surface area contributed by atoms with E-state index >= 15 is 0 Å². The lowest BCUT2D eigenvalue weighted by atomic mass is 10.2. The quantitative estimate of drug-likeness (QED) is 0.768. The van der Waals surface area contributed by atoms with E-state index in [1.54, 1.807) is 0 Å². The van der Waals surface area contributed by atoms with Crippen LogP contribution in [-0.4, -0.2) is 20.3 Å². The van der Waals surface area contributed by atoms with Gasteiger partial charge in [-0.25, -0.2) is 4.39 Å². The Morgan fingerprint density at radius 3 is 2.33 bits per heavy atom. The largest absolute Gasteiger partial charge is 0.490 e. The van der Waals surface area contributed by atoms with Gasteiger partial charge in [0.2, 0.25) is 0 Å². The highest BCUT2D eigenvalue weighted by Gasteiger charge is 2.02. The summed E-state index contributed by atoms with van der Waals surface area (Å²) in [5.74, 6) is 0.989. The smallest absolute Gasteiger partial charge is 0.127 e. The molecule has 0 aromatic heterocycles. The molecule has 0 aliphatic carbocycles. The van der Waals surface area contributed by atoms with Crippen LogP contribution in [0.15, 0.2) is 46.9 Å². The van der Waals surface area contributed by atoms with Gasteiger partial charge < -0.3 is 14.8 Å². The lowest BCUT2D eigenvalue weighted by Gasteiger charge is -2.10. The molecule has 0 spiro atoms. The van der Waals surface area contributed by atoms with Crippen LogP contribution in [0.2, 0.25) is 0 Å². The summed E-state index contributed by atoms with van der Waals surface area (Å²) in [6.45, 7) is 1.36. The zero-order valence-corrected chi connectivity index (χ0v) is 13.3. The van der Waals surface area contributed by atoms with Gasteiger partial charge in [-0.3, -0.25) is 0 Å². The third kappa shape index (κ3) is 5.36. The van der Waals surface area contributed by atoms with Crippen molar-refractivity contribution in [3.63, 3.8) is 0 Å². The van der Waals surface area contributed by atoms with E-state index in [1.807, 2.05) is 37.4 Å². The Bertz CT molecular complexity index is 575. The van der Waals surface area contributed by atoms with Crippen molar-refractivity contribution in [2.75, 3.05) is 20.3 Å². The average molecular weight is 354 g/mol. The maximum atomic E-state index is 13.4. The molecular weight excluding hydrogens is 337 g/mol. The first-order valence-electron chi connectivity index (χ1n) is 6.62. The van der Waals surface area contributed by atoms with E-state index in [0.29, 0.717) is 25.5 Å². The molecule has 0 heterocycles. The molecule has 0 amide bonds. The summed E-state index contributed by atoms with van der Waals surface area (Å²) < 4.78 is 25.5. The molecule has 112 valence electrons. The third-order valence-corrected chi connectivity index (χ3v) is 3.28. The number of benzene rings is 2. The molecule has 3 nitrogen and oxygen atoms in total. The Balaban J connectivity index is 1.81. The van der Waals surface area contributed by atoms with Crippen molar-refractivity contribution in [2.45, 2.75) is 6.54 Å². The summed E-state index contributed by atoms with van der Waals surface area (Å²) in [6, 6.07) is 12.2. The van der Waals surface area contributed by atoms with Gasteiger partial charge in [-0.2, -0.15) is 0 Å². The molecule has 0 atom stereocenters. The molecule has 21 heavy (non-hydrogen) atoms. The molecule has 0 fully saturated rings. The second kappa shape index (κ2) is 8.00. The van der Waals surface area contributed by atoms with Crippen molar-refractivity contribution in [2.24, 2.45) is 0 Å². The first-order valence-corrected chi connectivity index (χ1v) is 7.42. The molecule has 0 radical (unpaired) electrons. The Labute approximate surface area is 132 Å². The molecule has 0 unspecified atom stereocenters. The zero-order chi connectivity index (χ0) is 15.1. The summed E-state index contributed by atoms with van der Waals surface area (Å²) >= 11 is 3.36. The van der Waals surface area contributed by atoms with Crippen LogP contribution < -0.4 is 14.8 Å². The van der Waals surface area contributed by atoms with Crippen molar-refractivity contribution in [3.05, 3.63) is 58.3 Å². The molecule has 2 aromatic carbocycles. The predicted octanol–water partition coefficient (Wildman–Crippen LogP) is 3.77. The van der Waals surface area contributed by atoms with Gasteiger partial charge in [0.25, 0.3) is 0 Å². The Morgan fingerprint density at radius 2 is 1.67 bits per heavy atom. The highest BCUT2D eigenvalue weighted by atomic mass is 79.9. The Morgan fingerprint density at radius 1 is 1.00 bits per heavy atom. The van der Waals surface area contributed by atoms with E-state index in [9.17, 15) is 4.39 Å². The lowest BCUT2D eigenvalue weighted by Crippen LogP contribution is -2.10. The number of halogens is 2. The minimum Gasteiger partial charge on any atom is -0.490 e. The van der Waals surface area contributed by atoms with Gasteiger partial charge in [-0.1, -0.05) is 15.9 Å². The first-order chi connectivity index (χ1) is 10.2. The van der Waals surface area contributed by atoms with Crippen molar-refractivity contribution < 1.29 is 13.9 Å². The molecule has 2 aromatic rings. The van der Waals surface area contributed by atoms with Crippen molar-refractivity contribution in [3.8, 4) is 11.5 Å². The fourth-order valence-electron chi connectivity index (χ4n) is 1.86.